The van der Waals surface area contributed by atoms with E-state index in [0.717, 1.165) is 17.8 Å². The molecule has 14 nitrogen and oxygen atoms in total. The van der Waals surface area contributed by atoms with Crippen molar-refractivity contribution in [2.24, 2.45) is 11.5 Å². The number of hydrogen-bond donors (Lipinski definition) is 7. The Hall–Kier alpha value is -5.63. The van der Waals surface area contributed by atoms with Gasteiger partial charge >= 0.3 is 41.6 Å². The second kappa shape index (κ2) is 20.5. The van der Waals surface area contributed by atoms with Gasteiger partial charge < -0.3 is 49.1 Å². The number of nitrogens with two attached hydrogens (primary N) is 2. The van der Waals surface area contributed by atoms with Crippen molar-refractivity contribution in [2.75, 3.05) is 36.8 Å². The Bertz CT molecular complexity index is 2440. The third kappa shape index (κ3) is 11.2. The largest absolute Gasteiger partial charge is 1.00 e. The molecule has 2 saturated heterocycles. The maximum Gasteiger partial charge on any atom is 1.00 e. The van der Waals surface area contributed by atoms with Gasteiger partial charge in [0, 0.05) is 94.1 Å². The van der Waals surface area contributed by atoms with Gasteiger partial charge in [-0.25, -0.2) is 27.2 Å². The molecule has 2 fully saturated rings. The van der Waals surface area contributed by atoms with Gasteiger partial charge in [0.05, 0.1) is 17.2 Å². The predicted molar refractivity (Wildman–Crippen MR) is 227 cm³/mol. The van der Waals surface area contributed by atoms with E-state index >= 15 is 0 Å². The average Bonchev–Trinajstić information content (AvgIpc) is 3.24. The number of ketones is 1. The summed E-state index contributed by atoms with van der Waals surface area (Å²) < 4.78 is 54.1. The number of aliphatic hydroxyl groups is 1. The van der Waals surface area contributed by atoms with Crippen LogP contribution in [0.1, 0.15) is 93.8 Å². The number of piperidine rings is 2. The van der Waals surface area contributed by atoms with E-state index in [1.807, 2.05) is 0 Å². The zero-order chi connectivity index (χ0) is 44.3. The van der Waals surface area contributed by atoms with Crippen LogP contribution in [0.2, 0.25) is 0 Å². The van der Waals surface area contributed by atoms with Gasteiger partial charge in [-0.05, 0) is 97.5 Å². The zero-order valence-electron chi connectivity index (χ0n) is 36.1. The molecule has 2 spiro atoms. The molecule has 4 aliphatic rings. The number of aliphatic hydroxyl groups excluding tert-OH is 1. The van der Waals surface area contributed by atoms with Crippen LogP contribution >= 0.6 is 0 Å². The topological polar surface area (TPSA) is 212 Å². The Kier molecular flexibility index (Phi) is 15.8. The van der Waals surface area contributed by atoms with Crippen molar-refractivity contribution in [3.63, 3.8) is 0 Å². The number of carbonyl (C=O) groups excluding carboxylic acids is 5. The smallest absolute Gasteiger partial charge is 1.00 e. The summed E-state index contributed by atoms with van der Waals surface area (Å²) in [6.45, 7) is 2.11. The molecule has 1 atom stereocenters. The maximum atomic E-state index is 13.6. The fourth-order valence-corrected chi connectivity index (χ4v) is 8.56. The van der Waals surface area contributed by atoms with Crippen molar-refractivity contribution in [3.05, 3.63) is 129 Å². The molecule has 6 amide bonds. The summed E-state index contributed by atoms with van der Waals surface area (Å²) >= 11 is 0. The fraction of sp³-hybridized carbons (Fsp3) is 0.341. The van der Waals surface area contributed by atoms with Crippen molar-refractivity contribution < 1.29 is 77.6 Å². The molecule has 0 bridgehead atoms. The molecule has 4 aliphatic heterocycles. The van der Waals surface area contributed by atoms with E-state index in [1.54, 1.807) is 21.9 Å². The Morgan fingerprint density at radius 1 is 0.688 bits per heavy atom. The van der Waals surface area contributed by atoms with E-state index < -0.39 is 40.9 Å². The first-order chi connectivity index (χ1) is 29.5. The normalized spacial score (nSPS) is 17.7. The van der Waals surface area contributed by atoms with Crippen molar-refractivity contribution in [1.82, 2.24) is 20.4 Å². The molecule has 0 aliphatic carbocycles. The molecule has 4 aromatic carbocycles. The first-order valence-electron chi connectivity index (χ1n) is 20.1. The molecular formula is C44H47BF4N8NaO6. The minimum atomic E-state index is -0.870. The van der Waals surface area contributed by atoms with Crippen LogP contribution < -0.4 is 62.3 Å². The molecule has 64 heavy (non-hydrogen) atoms. The molecule has 331 valence electrons. The van der Waals surface area contributed by atoms with Crippen LogP contribution in [0.25, 0.3) is 0 Å². The maximum absolute atomic E-state index is 13.6. The number of amides is 6. The van der Waals surface area contributed by atoms with Crippen LogP contribution in [0.3, 0.4) is 0 Å². The minimum absolute atomic E-state index is 0. The summed E-state index contributed by atoms with van der Waals surface area (Å²) in [4.78, 5) is 63.5. The van der Waals surface area contributed by atoms with E-state index in [1.165, 1.54) is 48.5 Å². The van der Waals surface area contributed by atoms with E-state index in [9.17, 15) is 46.6 Å². The van der Waals surface area contributed by atoms with E-state index in [2.05, 4.69) is 21.3 Å². The summed E-state index contributed by atoms with van der Waals surface area (Å²) in [7, 11) is 0. The van der Waals surface area contributed by atoms with Crippen LogP contribution in [0.15, 0.2) is 72.8 Å². The number of primary amides is 2. The Balaban J connectivity index is 0.000000272. The number of urea groups is 2. The molecule has 4 aromatic rings. The fourth-order valence-electron chi connectivity index (χ4n) is 8.56. The van der Waals surface area contributed by atoms with Gasteiger partial charge in [0.15, 0.2) is 5.78 Å². The van der Waals surface area contributed by atoms with Crippen LogP contribution in [0.5, 0.6) is 0 Å². The van der Waals surface area contributed by atoms with E-state index in [4.69, 9.17) is 11.5 Å². The third-order valence-electron chi connectivity index (χ3n) is 12.0. The van der Waals surface area contributed by atoms with Crippen molar-refractivity contribution in [1.29, 1.82) is 0 Å². The molecule has 0 aromatic heterocycles. The molecule has 0 saturated carbocycles. The molecule has 9 N–H and O–H groups in total. The quantitative estimate of drug-likeness (QED) is 0.112. The second-order valence-electron chi connectivity index (χ2n) is 16.2. The predicted octanol–water partition coefficient (Wildman–Crippen LogP) is 2.20. The van der Waals surface area contributed by atoms with Gasteiger partial charge in [0.25, 0.3) is 11.8 Å². The van der Waals surface area contributed by atoms with Gasteiger partial charge in [0.2, 0.25) is 0 Å². The average molecular weight is 894 g/mol. The Morgan fingerprint density at radius 2 is 1.14 bits per heavy atom. The second-order valence-corrected chi connectivity index (χ2v) is 16.2. The van der Waals surface area contributed by atoms with Gasteiger partial charge in [0.1, 0.15) is 23.3 Å². The Labute approximate surface area is 392 Å². The summed E-state index contributed by atoms with van der Waals surface area (Å²) in [6, 6.07) is 15.8. The first kappa shape index (κ1) is 49.4. The molecule has 4 heterocycles. The monoisotopic (exact) mass is 893 g/mol. The van der Waals surface area contributed by atoms with Gasteiger partial charge in [-0.2, -0.15) is 0 Å². The number of benzene rings is 4. The van der Waals surface area contributed by atoms with Crippen LogP contribution in [-0.2, 0) is 13.1 Å². The molecule has 1 unspecified atom stereocenters. The molecule has 8 rings (SSSR count). The standard InChI is InChI=1S/C22H24F2N4O3.C22H22F2N4O3.B.Na.H/c2*23-14-2-4-18-16(10-14)19(29)11-22(27-18)5-7-28(8-6-22)21(31)26-12-13-1-3-17(24)15(9-13)20(25)30;;;/h1-4,9-10,19,27,29H,5-8,11-12H2,(H2,25,30)(H,26,31);1-4,9-10,27H,5-8,11-12H2,(H2,25,30)(H,26,31);;;/q;;;+1;-1. The van der Waals surface area contributed by atoms with Crippen LogP contribution in [-0.4, -0.2) is 90.2 Å². The minimum Gasteiger partial charge on any atom is -1.00 e. The first-order valence-corrected chi connectivity index (χ1v) is 20.1. The summed E-state index contributed by atoms with van der Waals surface area (Å²) in [5.41, 5.74) is 12.4. The van der Waals surface area contributed by atoms with Gasteiger partial charge in [-0.1, -0.05) is 12.1 Å². The molecular weight excluding hydrogens is 846 g/mol. The molecule has 20 heteroatoms. The van der Waals surface area contributed by atoms with Crippen molar-refractivity contribution in [2.45, 2.75) is 68.8 Å². The number of likely N-dealkylation sites (tertiary alicyclic amines) is 2. The van der Waals surface area contributed by atoms with E-state index in [0.29, 0.717) is 86.2 Å². The summed E-state index contributed by atoms with van der Waals surface area (Å²) in [5, 5.41) is 22.9. The number of nitrogens with zero attached hydrogens (tertiary/aromatic N) is 2. The number of nitrogens with one attached hydrogen (secondary N) is 4. The van der Waals surface area contributed by atoms with Crippen molar-refractivity contribution >= 4 is 49.4 Å². The number of rotatable bonds is 6. The summed E-state index contributed by atoms with van der Waals surface area (Å²) in [5.74, 6) is -4.07. The molecule has 3 radical (unpaired) electrons. The Morgan fingerprint density at radius 3 is 1.64 bits per heavy atom. The zero-order valence-corrected chi connectivity index (χ0v) is 37.1. The summed E-state index contributed by atoms with van der Waals surface area (Å²) in [6.07, 6.45) is 2.36. The number of anilines is 2. The number of Topliss-reactive ketones (excluding diaryl/α,β-unsaturated/α-hetero) is 1. The van der Waals surface area contributed by atoms with Crippen molar-refractivity contribution in [3.8, 4) is 0 Å². The number of halogens is 4. The van der Waals surface area contributed by atoms with E-state index in [-0.39, 0.29) is 99.2 Å². The van der Waals surface area contributed by atoms with Crippen LogP contribution in [0.4, 0.5) is 38.5 Å². The van der Waals surface area contributed by atoms with Crippen LogP contribution in [0, 0.1) is 23.3 Å². The van der Waals surface area contributed by atoms with Gasteiger partial charge in [-0.3, -0.25) is 14.4 Å². The third-order valence-corrected chi connectivity index (χ3v) is 12.0. The number of carbonyl (C=O) groups is 5. The van der Waals surface area contributed by atoms with Gasteiger partial charge in [-0.15, -0.1) is 0 Å². The number of fused-ring (bicyclic) bond motifs is 2. The number of hydrogen-bond acceptors (Lipinski definition) is 8. The SMILES string of the molecule is NC(=O)c1cc(CNC(=O)N2CCC3(CC2)CC(=O)c2cc(F)ccc2N3)ccc1F.NC(=O)c1cc(CNC(=O)N2CCC3(CC2)CC(O)c2cc(F)ccc2N3)ccc1F.[B].[H-].[Na+].